The third-order valence-corrected chi connectivity index (χ3v) is 5.84. The average molecular weight is 472 g/mol. The first-order chi connectivity index (χ1) is 15.8. The molecule has 4 rings (SSSR count). The number of aliphatic hydroxyl groups excluding tert-OH is 5. The maximum atomic E-state index is 10.4. The van der Waals surface area contributed by atoms with Crippen LogP contribution in [0.15, 0.2) is 24.8 Å². The predicted octanol–water partition coefficient (Wildman–Crippen LogP) is -2.21. The number of aliphatic hydroxyl groups is 6. The van der Waals surface area contributed by atoms with E-state index in [1.165, 1.54) is 0 Å². The molecule has 1 aromatic carbocycles. The van der Waals surface area contributed by atoms with Gasteiger partial charge in [0.2, 0.25) is 13.1 Å². The normalized spacial score (nSPS) is 37.8. The fourth-order valence-electron chi connectivity index (χ4n) is 3.79. The molecule has 3 aliphatic rings. The second-order valence-electron chi connectivity index (χ2n) is 8.16. The molecule has 0 amide bonds. The summed E-state index contributed by atoms with van der Waals surface area (Å²) >= 11 is 0. The molecule has 0 bridgehead atoms. The maximum absolute atomic E-state index is 10.4. The van der Waals surface area contributed by atoms with Gasteiger partial charge in [-0.3, -0.25) is 0 Å². The van der Waals surface area contributed by atoms with Crippen molar-refractivity contribution < 1.29 is 59.1 Å². The van der Waals surface area contributed by atoms with Crippen LogP contribution in [0.2, 0.25) is 0 Å². The van der Waals surface area contributed by atoms with Crippen LogP contribution in [0.3, 0.4) is 0 Å². The lowest BCUT2D eigenvalue weighted by molar-refractivity contribution is -0.289. The van der Waals surface area contributed by atoms with Crippen LogP contribution >= 0.6 is 0 Å². The molecule has 0 radical (unpaired) electrons. The van der Waals surface area contributed by atoms with Gasteiger partial charge in [0.1, 0.15) is 41.9 Å². The van der Waals surface area contributed by atoms with Gasteiger partial charge in [-0.2, -0.15) is 0 Å². The van der Waals surface area contributed by atoms with Crippen LogP contribution in [0.4, 0.5) is 0 Å². The number of fused-ring (bicyclic) bond motifs is 1. The van der Waals surface area contributed by atoms with E-state index in [0.29, 0.717) is 29.2 Å². The molecule has 0 spiro atoms. The summed E-state index contributed by atoms with van der Waals surface area (Å²) in [5.74, 6) is 1.27. The Morgan fingerprint density at radius 2 is 1.79 bits per heavy atom. The van der Waals surface area contributed by atoms with Gasteiger partial charge < -0.3 is 59.1 Å². The minimum absolute atomic E-state index is 0.0552. The summed E-state index contributed by atoms with van der Waals surface area (Å²) in [7, 11) is 0. The Morgan fingerprint density at radius 3 is 2.45 bits per heavy atom. The van der Waals surface area contributed by atoms with E-state index in [1.807, 2.05) is 0 Å². The highest BCUT2D eigenvalue weighted by atomic mass is 16.7. The number of hydrogen-bond donors (Lipinski definition) is 6. The highest BCUT2D eigenvalue weighted by molar-refractivity contribution is 5.52. The summed E-state index contributed by atoms with van der Waals surface area (Å²) in [6, 6.07) is 3.28. The van der Waals surface area contributed by atoms with E-state index in [-0.39, 0.29) is 20.0 Å². The summed E-state index contributed by atoms with van der Waals surface area (Å²) < 4.78 is 32.8. The van der Waals surface area contributed by atoms with Gasteiger partial charge in [0.15, 0.2) is 17.8 Å². The van der Waals surface area contributed by atoms with E-state index in [0.717, 1.165) is 0 Å². The molecule has 8 unspecified atom stereocenters. The summed E-state index contributed by atoms with van der Waals surface area (Å²) in [6.07, 6.45) is -8.09. The lowest BCUT2D eigenvalue weighted by atomic mass is 9.99. The van der Waals surface area contributed by atoms with Gasteiger partial charge in [-0.25, -0.2) is 0 Å². The first-order valence-corrected chi connectivity index (χ1v) is 10.4. The second kappa shape index (κ2) is 9.70. The van der Waals surface area contributed by atoms with E-state index in [4.69, 9.17) is 28.4 Å². The Bertz CT molecular complexity index is 849. The standard InChI is InChI=1S/C21H28O12/c1-2-3-10-4-12-13(31-9-30-12)5-11(10)32-19-17(25)16(24)15(23)14(33-19)6-28-20-18(26)21(27,7-22)8-29-20/h2,4-5,14-20,22-27H,1,3,6-9H2. The molecule has 0 aliphatic carbocycles. The first-order valence-electron chi connectivity index (χ1n) is 10.4. The van der Waals surface area contributed by atoms with Crippen LogP contribution in [-0.4, -0.2) is 106 Å². The largest absolute Gasteiger partial charge is 0.462 e. The molecule has 184 valence electrons. The van der Waals surface area contributed by atoms with Crippen LogP contribution in [0.1, 0.15) is 5.56 Å². The molecule has 0 saturated carbocycles. The molecule has 33 heavy (non-hydrogen) atoms. The molecule has 2 saturated heterocycles. The fraction of sp³-hybridized carbons (Fsp3) is 0.619. The van der Waals surface area contributed by atoms with Crippen LogP contribution in [0.25, 0.3) is 0 Å². The van der Waals surface area contributed by atoms with E-state index >= 15 is 0 Å². The smallest absolute Gasteiger partial charge is 0.231 e. The lowest BCUT2D eigenvalue weighted by Crippen LogP contribution is -2.60. The van der Waals surface area contributed by atoms with E-state index in [1.54, 1.807) is 18.2 Å². The lowest BCUT2D eigenvalue weighted by Gasteiger charge is -2.40. The zero-order valence-electron chi connectivity index (χ0n) is 17.6. The monoisotopic (exact) mass is 472 g/mol. The van der Waals surface area contributed by atoms with Gasteiger partial charge in [-0.05, 0) is 12.5 Å². The SMILES string of the molecule is C=CCc1cc2c(cc1OC1OC(COC3OCC(O)(CO)C3O)C(O)C(O)C1O)OCO2. The van der Waals surface area contributed by atoms with Gasteiger partial charge in [0, 0.05) is 11.6 Å². The average Bonchev–Trinajstić information content (AvgIpc) is 3.38. The molecule has 2 fully saturated rings. The number of rotatable bonds is 8. The zero-order chi connectivity index (χ0) is 23.8. The molecule has 6 N–H and O–H groups in total. The Balaban J connectivity index is 1.46. The first kappa shape index (κ1) is 24.1. The van der Waals surface area contributed by atoms with Gasteiger partial charge >= 0.3 is 0 Å². The number of benzene rings is 1. The Kier molecular flexibility index (Phi) is 7.09. The Morgan fingerprint density at radius 1 is 1.06 bits per heavy atom. The van der Waals surface area contributed by atoms with Crippen molar-refractivity contribution in [1.82, 2.24) is 0 Å². The van der Waals surface area contributed by atoms with E-state index in [2.05, 4.69) is 6.58 Å². The summed E-state index contributed by atoms with van der Waals surface area (Å²) in [4.78, 5) is 0. The summed E-state index contributed by atoms with van der Waals surface area (Å²) in [5.41, 5.74) is -1.21. The molecule has 3 aliphatic heterocycles. The second-order valence-corrected chi connectivity index (χ2v) is 8.16. The molecule has 3 heterocycles. The van der Waals surface area contributed by atoms with Gasteiger partial charge in [0.25, 0.3) is 0 Å². The molecule has 0 aromatic heterocycles. The highest BCUT2D eigenvalue weighted by Crippen LogP contribution is 2.39. The number of hydrogen-bond acceptors (Lipinski definition) is 12. The fourth-order valence-corrected chi connectivity index (χ4v) is 3.79. The summed E-state index contributed by atoms with van der Waals surface area (Å²) in [6.45, 7) is 2.29. The number of ether oxygens (including phenoxy) is 6. The quantitative estimate of drug-likeness (QED) is 0.225. The highest BCUT2D eigenvalue weighted by Gasteiger charge is 2.50. The molecule has 1 aromatic rings. The van der Waals surface area contributed by atoms with E-state index in [9.17, 15) is 30.6 Å². The van der Waals surface area contributed by atoms with Crippen molar-refractivity contribution in [2.24, 2.45) is 0 Å². The minimum Gasteiger partial charge on any atom is -0.462 e. The topological polar surface area (TPSA) is 177 Å². The predicted molar refractivity (Wildman–Crippen MR) is 108 cm³/mol. The maximum Gasteiger partial charge on any atom is 0.231 e. The minimum atomic E-state index is -1.88. The van der Waals surface area contributed by atoms with Crippen molar-refractivity contribution >= 4 is 0 Å². The molecule has 12 nitrogen and oxygen atoms in total. The van der Waals surface area contributed by atoms with Crippen molar-refractivity contribution in [1.29, 1.82) is 0 Å². The van der Waals surface area contributed by atoms with Crippen LogP contribution < -0.4 is 14.2 Å². The van der Waals surface area contributed by atoms with Gasteiger partial charge in [0.05, 0.1) is 19.8 Å². The van der Waals surface area contributed by atoms with E-state index < -0.39 is 55.3 Å². The Hall–Kier alpha value is -2.00. The van der Waals surface area contributed by atoms with Gasteiger partial charge in [-0.1, -0.05) is 6.08 Å². The van der Waals surface area contributed by atoms with Crippen molar-refractivity contribution in [2.75, 3.05) is 26.6 Å². The van der Waals surface area contributed by atoms with Crippen LogP contribution in [0.5, 0.6) is 17.2 Å². The van der Waals surface area contributed by atoms with Crippen molar-refractivity contribution in [3.8, 4) is 17.2 Å². The van der Waals surface area contributed by atoms with Crippen molar-refractivity contribution in [2.45, 2.75) is 55.1 Å². The molecular weight excluding hydrogens is 444 g/mol. The van der Waals surface area contributed by atoms with Crippen molar-refractivity contribution in [3.63, 3.8) is 0 Å². The van der Waals surface area contributed by atoms with Crippen molar-refractivity contribution in [3.05, 3.63) is 30.4 Å². The molecular formula is C21H28O12. The molecule has 12 heteroatoms. The zero-order valence-corrected chi connectivity index (χ0v) is 17.6. The Labute approximate surface area is 189 Å². The van der Waals surface area contributed by atoms with Gasteiger partial charge in [-0.15, -0.1) is 6.58 Å². The third kappa shape index (κ3) is 4.67. The summed E-state index contributed by atoms with van der Waals surface area (Å²) in [5, 5.41) is 60.4. The van der Waals surface area contributed by atoms with Crippen LogP contribution in [-0.2, 0) is 20.6 Å². The number of allylic oxidation sites excluding steroid dienone is 1. The molecule has 8 atom stereocenters. The third-order valence-electron chi connectivity index (χ3n) is 5.84. The van der Waals surface area contributed by atoms with Crippen LogP contribution in [0, 0.1) is 0 Å².